The number of aliphatic hydroxyl groups is 1. The predicted molar refractivity (Wildman–Crippen MR) is 124 cm³/mol. The molecule has 2 N–H and O–H groups in total. The summed E-state index contributed by atoms with van der Waals surface area (Å²) in [7, 11) is 0. The molecule has 0 amide bonds. The van der Waals surface area contributed by atoms with Gasteiger partial charge in [0, 0.05) is 10.6 Å². The number of nitrogens with one attached hydrogen (secondary N) is 1. The number of aromatic amines is 1. The monoisotopic (exact) mass is 453 g/mol. The molecule has 1 aliphatic rings. The Bertz CT molecular complexity index is 1220. The molecular weight excluding hydrogens is 433 g/mol. The van der Waals surface area contributed by atoms with Crippen LogP contribution in [0, 0.1) is 0 Å². The summed E-state index contributed by atoms with van der Waals surface area (Å²) in [6.45, 7) is 0.00188. The van der Waals surface area contributed by atoms with Gasteiger partial charge in [-0.2, -0.15) is 5.10 Å². The third-order valence-electron chi connectivity index (χ3n) is 6.06. The number of halogens is 2. The first kappa shape index (κ1) is 20.2. The number of aromatic nitrogens is 4. The molecule has 2 heterocycles. The smallest absolute Gasteiger partial charge is 0.163 e. The summed E-state index contributed by atoms with van der Waals surface area (Å²) in [5.74, 6) is 0.654. The summed E-state index contributed by atoms with van der Waals surface area (Å²) in [5, 5.41) is 19.4. The van der Waals surface area contributed by atoms with E-state index in [4.69, 9.17) is 23.2 Å². The Morgan fingerprint density at radius 1 is 1.00 bits per heavy atom. The zero-order chi connectivity index (χ0) is 21.4. The van der Waals surface area contributed by atoms with Gasteiger partial charge in [-0.15, -0.1) is 0 Å². The minimum absolute atomic E-state index is 0.00188. The van der Waals surface area contributed by atoms with E-state index in [2.05, 4.69) is 25.1 Å². The highest BCUT2D eigenvalue weighted by molar-refractivity contribution is 6.33. The van der Waals surface area contributed by atoms with Crippen molar-refractivity contribution in [2.75, 3.05) is 11.5 Å². The van der Waals surface area contributed by atoms with Gasteiger partial charge in [0.1, 0.15) is 23.1 Å². The van der Waals surface area contributed by atoms with Gasteiger partial charge < -0.3 is 10.0 Å². The third-order valence-corrected chi connectivity index (χ3v) is 6.63. The summed E-state index contributed by atoms with van der Waals surface area (Å²) < 4.78 is 0. The first-order valence-corrected chi connectivity index (χ1v) is 11.0. The summed E-state index contributed by atoms with van der Waals surface area (Å²) in [6, 6.07) is 15.1. The number of rotatable bonds is 5. The van der Waals surface area contributed by atoms with E-state index in [0.29, 0.717) is 26.9 Å². The molecular formula is C23H21Cl2N5O. The second-order valence-corrected chi connectivity index (χ2v) is 8.72. The van der Waals surface area contributed by atoms with E-state index in [9.17, 15) is 5.11 Å². The SMILES string of the molecule is OCC1(N(c2ccccc2Cl)c2ncnc3c(-c4ccc(Cl)cc4)n[nH]c23)CCCC1. The number of hydrogen-bond donors (Lipinski definition) is 2. The second-order valence-electron chi connectivity index (χ2n) is 7.88. The summed E-state index contributed by atoms with van der Waals surface area (Å²) in [6.07, 6.45) is 5.30. The van der Waals surface area contributed by atoms with Crippen molar-refractivity contribution in [3.05, 3.63) is 64.9 Å². The Balaban J connectivity index is 1.73. The molecule has 1 fully saturated rings. The van der Waals surface area contributed by atoms with E-state index in [1.807, 2.05) is 48.5 Å². The van der Waals surface area contributed by atoms with Crippen LogP contribution in [0.4, 0.5) is 11.5 Å². The lowest BCUT2D eigenvalue weighted by molar-refractivity contribution is 0.198. The van der Waals surface area contributed by atoms with E-state index in [1.165, 1.54) is 6.33 Å². The first-order valence-electron chi connectivity index (χ1n) is 10.2. The van der Waals surface area contributed by atoms with E-state index in [-0.39, 0.29) is 6.61 Å². The van der Waals surface area contributed by atoms with Crippen LogP contribution in [0.1, 0.15) is 25.7 Å². The van der Waals surface area contributed by atoms with E-state index in [0.717, 1.165) is 42.6 Å². The molecule has 4 aromatic rings. The van der Waals surface area contributed by atoms with Gasteiger partial charge >= 0.3 is 0 Å². The average Bonchev–Trinajstić information content (AvgIpc) is 3.44. The molecule has 31 heavy (non-hydrogen) atoms. The molecule has 8 heteroatoms. The van der Waals surface area contributed by atoms with Crippen LogP contribution in [-0.2, 0) is 0 Å². The van der Waals surface area contributed by atoms with Gasteiger partial charge in [0.25, 0.3) is 0 Å². The lowest BCUT2D eigenvalue weighted by Crippen LogP contribution is -2.47. The molecule has 5 rings (SSSR count). The highest BCUT2D eigenvalue weighted by Crippen LogP contribution is 2.46. The lowest BCUT2D eigenvalue weighted by Gasteiger charge is -2.41. The van der Waals surface area contributed by atoms with Gasteiger partial charge in [-0.3, -0.25) is 5.10 Å². The van der Waals surface area contributed by atoms with Crippen molar-refractivity contribution in [3.8, 4) is 11.3 Å². The van der Waals surface area contributed by atoms with Gasteiger partial charge in [-0.05, 0) is 37.1 Å². The maximum Gasteiger partial charge on any atom is 0.163 e. The third kappa shape index (κ3) is 3.45. The molecule has 1 saturated carbocycles. The van der Waals surface area contributed by atoms with Crippen LogP contribution >= 0.6 is 23.2 Å². The van der Waals surface area contributed by atoms with Crippen LogP contribution in [0.25, 0.3) is 22.3 Å². The number of hydrogen-bond acceptors (Lipinski definition) is 5. The molecule has 0 atom stereocenters. The molecule has 158 valence electrons. The Hall–Kier alpha value is -2.67. The minimum Gasteiger partial charge on any atom is -0.394 e. The van der Waals surface area contributed by atoms with Crippen LogP contribution in [0.2, 0.25) is 10.0 Å². The molecule has 0 bridgehead atoms. The summed E-state index contributed by atoms with van der Waals surface area (Å²) in [5.41, 5.74) is 3.35. The van der Waals surface area contributed by atoms with Crippen LogP contribution in [0.15, 0.2) is 54.9 Å². The lowest BCUT2D eigenvalue weighted by atomic mass is 9.94. The van der Waals surface area contributed by atoms with Gasteiger partial charge in [0.2, 0.25) is 0 Å². The molecule has 1 aliphatic carbocycles. The van der Waals surface area contributed by atoms with Crippen molar-refractivity contribution >= 4 is 45.7 Å². The number of benzene rings is 2. The standard InChI is InChI=1S/C23H21Cl2N5O/c24-16-9-7-15(8-10-16)19-20-21(29-28-19)22(27-14-26-20)30(18-6-2-1-5-17(18)25)23(13-31)11-3-4-12-23/h1-2,5-10,14,31H,3-4,11-13H2,(H,28,29). The Morgan fingerprint density at radius 3 is 2.45 bits per heavy atom. The average molecular weight is 454 g/mol. The first-order chi connectivity index (χ1) is 15.1. The van der Waals surface area contributed by atoms with Gasteiger partial charge in [0.05, 0.1) is 22.9 Å². The Labute approximate surface area is 189 Å². The van der Waals surface area contributed by atoms with E-state index < -0.39 is 5.54 Å². The molecule has 0 aliphatic heterocycles. The van der Waals surface area contributed by atoms with Crippen LogP contribution in [0.5, 0.6) is 0 Å². The van der Waals surface area contributed by atoms with E-state index >= 15 is 0 Å². The topological polar surface area (TPSA) is 77.9 Å². The highest BCUT2D eigenvalue weighted by atomic mass is 35.5. The summed E-state index contributed by atoms with van der Waals surface area (Å²) in [4.78, 5) is 11.2. The zero-order valence-electron chi connectivity index (χ0n) is 16.7. The number of para-hydroxylation sites is 1. The maximum absolute atomic E-state index is 10.5. The van der Waals surface area contributed by atoms with Gasteiger partial charge in [0.15, 0.2) is 5.82 Å². The van der Waals surface area contributed by atoms with Crippen molar-refractivity contribution in [2.24, 2.45) is 0 Å². The number of aliphatic hydroxyl groups excluding tert-OH is 1. The second kappa shape index (κ2) is 8.11. The van der Waals surface area contributed by atoms with Crippen molar-refractivity contribution in [1.82, 2.24) is 20.2 Å². The fourth-order valence-corrected chi connectivity index (χ4v) is 4.86. The number of nitrogens with zero attached hydrogens (tertiary/aromatic N) is 4. The molecule has 0 saturated heterocycles. The van der Waals surface area contributed by atoms with Gasteiger partial charge in [-0.1, -0.05) is 60.3 Å². The molecule has 0 unspecified atom stereocenters. The fraction of sp³-hybridized carbons (Fsp3) is 0.261. The molecule has 6 nitrogen and oxygen atoms in total. The summed E-state index contributed by atoms with van der Waals surface area (Å²) >= 11 is 12.7. The molecule has 0 radical (unpaired) electrons. The van der Waals surface area contributed by atoms with Crippen molar-refractivity contribution in [1.29, 1.82) is 0 Å². The molecule has 2 aromatic heterocycles. The largest absolute Gasteiger partial charge is 0.394 e. The van der Waals surface area contributed by atoms with Crippen LogP contribution < -0.4 is 4.90 Å². The maximum atomic E-state index is 10.5. The van der Waals surface area contributed by atoms with Crippen molar-refractivity contribution in [3.63, 3.8) is 0 Å². The highest BCUT2D eigenvalue weighted by Gasteiger charge is 2.42. The molecule has 0 spiro atoms. The minimum atomic E-state index is -0.488. The zero-order valence-corrected chi connectivity index (χ0v) is 18.2. The van der Waals surface area contributed by atoms with Crippen LogP contribution in [0.3, 0.4) is 0 Å². The quantitative estimate of drug-likeness (QED) is 0.400. The van der Waals surface area contributed by atoms with Gasteiger partial charge in [-0.25, -0.2) is 9.97 Å². The Kier molecular flexibility index (Phi) is 5.30. The van der Waals surface area contributed by atoms with Crippen LogP contribution in [-0.4, -0.2) is 37.4 Å². The normalized spacial score (nSPS) is 15.5. The number of H-pyrrole nitrogens is 1. The van der Waals surface area contributed by atoms with Crippen molar-refractivity contribution in [2.45, 2.75) is 31.2 Å². The fourth-order valence-electron chi connectivity index (χ4n) is 4.51. The van der Waals surface area contributed by atoms with Crippen molar-refractivity contribution < 1.29 is 5.11 Å². The predicted octanol–water partition coefficient (Wildman–Crippen LogP) is 5.77. The Morgan fingerprint density at radius 2 is 1.74 bits per heavy atom. The van der Waals surface area contributed by atoms with E-state index in [1.54, 1.807) is 0 Å². The number of anilines is 2. The molecule has 2 aromatic carbocycles. The number of fused-ring (bicyclic) bond motifs is 1.